The predicted octanol–water partition coefficient (Wildman–Crippen LogP) is 3.69. The predicted molar refractivity (Wildman–Crippen MR) is 92.4 cm³/mol. The number of fused-ring (bicyclic) bond motifs is 2. The molecular formula is C18H24ClF3N2O. The van der Waals surface area contributed by atoms with Crippen molar-refractivity contribution in [2.45, 2.75) is 56.8 Å². The average Bonchev–Trinajstić information content (AvgIpc) is 2.48. The van der Waals surface area contributed by atoms with Gasteiger partial charge in [-0.15, -0.1) is 12.4 Å². The number of nitrogens with two attached hydrogens (primary N) is 1. The van der Waals surface area contributed by atoms with Gasteiger partial charge in [-0.3, -0.25) is 4.79 Å². The van der Waals surface area contributed by atoms with Gasteiger partial charge in [-0.2, -0.15) is 13.2 Å². The van der Waals surface area contributed by atoms with E-state index < -0.39 is 11.7 Å². The third-order valence-electron chi connectivity index (χ3n) is 5.35. The molecule has 1 amide bonds. The van der Waals surface area contributed by atoms with E-state index in [1.807, 2.05) is 0 Å². The molecule has 2 saturated carbocycles. The average molecular weight is 377 g/mol. The van der Waals surface area contributed by atoms with Crippen LogP contribution in [-0.4, -0.2) is 18.0 Å². The topological polar surface area (TPSA) is 55.1 Å². The minimum atomic E-state index is -4.35. The first-order valence-electron chi connectivity index (χ1n) is 8.54. The molecule has 3 rings (SSSR count). The fraction of sp³-hybridized carbons (Fsp3) is 0.611. The lowest BCUT2D eigenvalue weighted by Gasteiger charge is -2.45. The van der Waals surface area contributed by atoms with Crippen LogP contribution in [0.1, 0.15) is 43.2 Å². The molecule has 0 saturated heterocycles. The molecular weight excluding hydrogens is 353 g/mol. The Balaban J connectivity index is 0.00000225. The fourth-order valence-electron chi connectivity index (χ4n) is 4.26. The van der Waals surface area contributed by atoms with Gasteiger partial charge < -0.3 is 11.1 Å². The van der Waals surface area contributed by atoms with Gasteiger partial charge >= 0.3 is 6.18 Å². The van der Waals surface area contributed by atoms with Gasteiger partial charge in [0.2, 0.25) is 5.91 Å². The molecule has 2 aliphatic carbocycles. The first-order valence-corrected chi connectivity index (χ1v) is 8.54. The molecule has 0 heterocycles. The molecule has 25 heavy (non-hydrogen) atoms. The number of carbonyl (C=O) groups excluding carboxylic acids is 1. The van der Waals surface area contributed by atoms with Gasteiger partial charge in [0.25, 0.3) is 0 Å². The number of carbonyl (C=O) groups is 1. The van der Waals surface area contributed by atoms with Gasteiger partial charge in [0.05, 0.1) is 12.0 Å². The summed E-state index contributed by atoms with van der Waals surface area (Å²) in [4.78, 5) is 12.3. The van der Waals surface area contributed by atoms with Crippen molar-refractivity contribution < 1.29 is 18.0 Å². The molecule has 2 unspecified atom stereocenters. The zero-order valence-corrected chi connectivity index (χ0v) is 14.7. The summed E-state index contributed by atoms with van der Waals surface area (Å²) in [5, 5.41) is 3.12. The van der Waals surface area contributed by atoms with Crippen molar-refractivity contribution in [3.05, 3.63) is 35.4 Å². The van der Waals surface area contributed by atoms with Crippen LogP contribution >= 0.6 is 12.4 Å². The molecule has 3 nitrogen and oxygen atoms in total. The van der Waals surface area contributed by atoms with Crippen molar-refractivity contribution in [2.75, 3.05) is 0 Å². The summed E-state index contributed by atoms with van der Waals surface area (Å²) in [6.07, 6.45) is 1.03. The third-order valence-corrected chi connectivity index (χ3v) is 5.35. The minimum absolute atomic E-state index is 0. The van der Waals surface area contributed by atoms with Gasteiger partial charge in [0.15, 0.2) is 0 Å². The van der Waals surface area contributed by atoms with Gasteiger partial charge in [0.1, 0.15) is 0 Å². The molecule has 2 bridgehead atoms. The number of alkyl halides is 3. The Morgan fingerprint density at radius 1 is 1.12 bits per heavy atom. The molecule has 0 aromatic heterocycles. The first kappa shape index (κ1) is 20.0. The first-order chi connectivity index (χ1) is 11.3. The van der Waals surface area contributed by atoms with Crippen LogP contribution in [-0.2, 0) is 17.4 Å². The summed E-state index contributed by atoms with van der Waals surface area (Å²) < 4.78 is 37.7. The second kappa shape index (κ2) is 7.96. The maximum Gasteiger partial charge on any atom is 0.416 e. The maximum absolute atomic E-state index is 12.6. The van der Waals surface area contributed by atoms with Crippen LogP contribution in [0.4, 0.5) is 13.2 Å². The van der Waals surface area contributed by atoms with E-state index in [-0.39, 0.29) is 36.8 Å². The standard InChI is InChI=1S/C18H23F3N2O.ClH/c19-18(20,21)14-6-4-11(5-7-14)8-16(24)23-17-12-2-1-3-13(17)10-15(22)9-12;/h4-7,12-13,15,17H,1-3,8-10,22H2,(H,23,24);1H. The molecule has 2 atom stereocenters. The highest BCUT2D eigenvalue weighted by Gasteiger charge is 2.39. The smallest absolute Gasteiger partial charge is 0.353 e. The van der Waals surface area contributed by atoms with Crippen molar-refractivity contribution in [2.24, 2.45) is 17.6 Å². The second-order valence-corrected chi connectivity index (χ2v) is 7.15. The minimum Gasteiger partial charge on any atom is -0.353 e. The summed E-state index contributed by atoms with van der Waals surface area (Å²) in [6.45, 7) is 0. The molecule has 1 aromatic rings. The van der Waals surface area contributed by atoms with E-state index in [4.69, 9.17) is 5.73 Å². The molecule has 0 spiro atoms. The Morgan fingerprint density at radius 2 is 1.68 bits per heavy atom. The molecule has 2 aliphatic rings. The maximum atomic E-state index is 12.6. The quantitative estimate of drug-likeness (QED) is 0.845. The number of hydrogen-bond acceptors (Lipinski definition) is 2. The lowest BCUT2D eigenvalue weighted by molar-refractivity contribution is -0.137. The fourth-order valence-corrected chi connectivity index (χ4v) is 4.26. The van der Waals surface area contributed by atoms with E-state index in [9.17, 15) is 18.0 Å². The SMILES string of the molecule is Cl.NC1CC2CCCC(C1)C2NC(=O)Cc1ccc(C(F)(F)F)cc1. The molecule has 7 heteroatoms. The van der Waals surface area contributed by atoms with Crippen LogP contribution < -0.4 is 11.1 Å². The van der Waals surface area contributed by atoms with Gasteiger partial charge in [-0.1, -0.05) is 18.6 Å². The zero-order chi connectivity index (χ0) is 17.3. The van der Waals surface area contributed by atoms with E-state index in [2.05, 4.69) is 5.32 Å². The second-order valence-electron chi connectivity index (χ2n) is 7.15. The Bertz CT molecular complexity index is 577. The monoisotopic (exact) mass is 376 g/mol. The summed E-state index contributed by atoms with van der Waals surface area (Å²) >= 11 is 0. The number of rotatable bonds is 3. The number of hydrogen-bond donors (Lipinski definition) is 2. The van der Waals surface area contributed by atoms with Gasteiger partial charge in [-0.25, -0.2) is 0 Å². The Kier molecular flexibility index (Phi) is 6.38. The van der Waals surface area contributed by atoms with Crippen LogP contribution in [0.25, 0.3) is 0 Å². The van der Waals surface area contributed by atoms with Gasteiger partial charge in [-0.05, 0) is 55.2 Å². The Labute approximate surface area is 152 Å². The molecule has 3 N–H and O–H groups in total. The zero-order valence-electron chi connectivity index (χ0n) is 13.9. The van der Waals surface area contributed by atoms with Gasteiger partial charge in [0, 0.05) is 12.1 Å². The Hall–Kier alpha value is -1.27. The number of nitrogens with one attached hydrogen (secondary N) is 1. The largest absolute Gasteiger partial charge is 0.416 e. The van der Waals surface area contributed by atoms with E-state index in [1.54, 1.807) is 0 Å². The number of benzene rings is 1. The molecule has 140 valence electrons. The normalized spacial score (nSPS) is 28.8. The van der Waals surface area contributed by atoms with Crippen molar-refractivity contribution >= 4 is 18.3 Å². The Morgan fingerprint density at radius 3 is 2.20 bits per heavy atom. The van der Waals surface area contributed by atoms with Crippen molar-refractivity contribution in [3.8, 4) is 0 Å². The van der Waals surface area contributed by atoms with E-state index in [0.717, 1.165) is 37.8 Å². The van der Waals surface area contributed by atoms with E-state index in [1.165, 1.54) is 18.6 Å². The summed E-state index contributed by atoms with van der Waals surface area (Å²) in [7, 11) is 0. The van der Waals surface area contributed by atoms with Crippen molar-refractivity contribution in [3.63, 3.8) is 0 Å². The van der Waals surface area contributed by atoms with Crippen LogP contribution in [0.15, 0.2) is 24.3 Å². The van der Waals surface area contributed by atoms with Crippen molar-refractivity contribution in [1.29, 1.82) is 0 Å². The molecule has 1 aromatic carbocycles. The number of amides is 1. The summed E-state index contributed by atoms with van der Waals surface area (Å²) in [6, 6.07) is 5.19. The van der Waals surface area contributed by atoms with E-state index in [0.29, 0.717) is 17.4 Å². The highest BCUT2D eigenvalue weighted by molar-refractivity contribution is 5.85. The summed E-state index contributed by atoms with van der Waals surface area (Å²) in [5.41, 5.74) is 5.99. The molecule has 0 radical (unpaired) electrons. The van der Waals surface area contributed by atoms with Crippen LogP contribution in [0.3, 0.4) is 0 Å². The van der Waals surface area contributed by atoms with E-state index >= 15 is 0 Å². The highest BCUT2D eigenvalue weighted by Crippen LogP contribution is 2.39. The van der Waals surface area contributed by atoms with Crippen LogP contribution in [0.2, 0.25) is 0 Å². The number of halogens is 4. The lowest BCUT2D eigenvalue weighted by atomic mass is 9.67. The molecule has 0 aliphatic heterocycles. The third kappa shape index (κ3) is 4.88. The van der Waals surface area contributed by atoms with Crippen LogP contribution in [0, 0.1) is 11.8 Å². The lowest BCUT2D eigenvalue weighted by Crippen LogP contribution is -2.54. The highest BCUT2D eigenvalue weighted by atomic mass is 35.5. The summed E-state index contributed by atoms with van der Waals surface area (Å²) in [5.74, 6) is 0.750. The van der Waals surface area contributed by atoms with Crippen LogP contribution in [0.5, 0.6) is 0 Å². The molecule has 2 fully saturated rings. The van der Waals surface area contributed by atoms with Crippen molar-refractivity contribution in [1.82, 2.24) is 5.32 Å².